The number of nitrogens with zero attached hydrogens (tertiary/aromatic N) is 1. The maximum Gasteiger partial charge on any atom is 0.0702 e. The van der Waals surface area contributed by atoms with Crippen molar-refractivity contribution in [2.45, 2.75) is 6.92 Å². The van der Waals surface area contributed by atoms with Crippen LogP contribution in [0.4, 0.5) is 0 Å². The van der Waals surface area contributed by atoms with Crippen LogP contribution in [0.3, 0.4) is 0 Å². The molecule has 44 heavy (non-hydrogen) atoms. The molecule has 2 aromatic heterocycles. The minimum atomic E-state index is 0.973. The van der Waals surface area contributed by atoms with Gasteiger partial charge in [-0.2, -0.15) is 0 Å². The average Bonchev–Trinajstić information content (AvgIpc) is 3.46. The fraction of sp³-hybridized carbons (Fsp3) is 0.0238. The Bertz CT molecular complexity index is 2390. The summed E-state index contributed by atoms with van der Waals surface area (Å²) in [5, 5.41) is 7.66. The van der Waals surface area contributed by atoms with Gasteiger partial charge in [0, 0.05) is 37.5 Å². The van der Waals surface area contributed by atoms with Crippen molar-refractivity contribution >= 4 is 59.1 Å². The third-order valence-electron chi connectivity index (χ3n) is 8.68. The summed E-state index contributed by atoms with van der Waals surface area (Å²) >= 11 is 1.86. The van der Waals surface area contributed by atoms with Gasteiger partial charge in [0.05, 0.1) is 5.69 Å². The van der Waals surface area contributed by atoms with Crippen molar-refractivity contribution in [1.29, 1.82) is 0 Å². The van der Waals surface area contributed by atoms with E-state index in [0.29, 0.717) is 0 Å². The predicted octanol–water partition coefficient (Wildman–Crippen LogP) is 12.3. The van der Waals surface area contributed by atoms with Crippen LogP contribution in [0.15, 0.2) is 146 Å². The second-order valence-electron chi connectivity index (χ2n) is 11.2. The first-order chi connectivity index (χ1) is 21.7. The molecule has 0 bridgehead atoms. The minimum absolute atomic E-state index is 0.973. The van der Waals surface area contributed by atoms with Crippen molar-refractivity contribution in [3.8, 4) is 33.5 Å². The number of rotatable bonds is 5. The van der Waals surface area contributed by atoms with E-state index in [2.05, 4.69) is 141 Å². The number of benzene rings is 6. The van der Waals surface area contributed by atoms with E-state index in [1.807, 2.05) is 29.7 Å². The van der Waals surface area contributed by atoms with E-state index in [4.69, 9.17) is 4.98 Å². The Hall–Kier alpha value is -5.31. The number of allylic oxidation sites excluding steroid dienone is 2. The lowest BCUT2D eigenvalue weighted by Gasteiger charge is -2.20. The quantitative estimate of drug-likeness (QED) is 0.185. The lowest BCUT2D eigenvalue weighted by atomic mass is 9.84. The molecule has 0 aliphatic rings. The molecule has 8 rings (SSSR count). The van der Waals surface area contributed by atoms with Crippen LogP contribution >= 0.6 is 11.3 Å². The summed E-state index contributed by atoms with van der Waals surface area (Å²) in [5.41, 5.74) is 9.32. The maximum atomic E-state index is 5.06. The SMILES string of the molecule is C=C/C=C\c1c(C)c(-c2ccccc2)c2ccccc2c1-c1ccc(-c2ccc3sc4ccc5ccccc5c4c3c2)nc1. The molecule has 0 N–H and O–H groups in total. The van der Waals surface area contributed by atoms with Gasteiger partial charge in [0.15, 0.2) is 0 Å². The van der Waals surface area contributed by atoms with Crippen LogP contribution in [-0.4, -0.2) is 4.98 Å². The normalized spacial score (nSPS) is 11.8. The van der Waals surface area contributed by atoms with Gasteiger partial charge in [-0.05, 0) is 80.6 Å². The zero-order valence-electron chi connectivity index (χ0n) is 24.4. The molecule has 2 heteroatoms. The number of aromatic nitrogens is 1. The topological polar surface area (TPSA) is 12.9 Å². The molecule has 0 fully saturated rings. The molecule has 2 heterocycles. The Morgan fingerprint density at radius 2 is 1.32 bits per heavy atom. The Morgan fingerprint density at radius 3 is 2.09 bits per heavy atom. The molecule has 1 nitrogen and oxygen atoms in total. The molecule has 208 valence electrons. The smallest absolute Gasteiger partial charge is 0.0702 e. The van der Waals surface area contributed by atoms with Crippen LogP contribution in [-0.2, 0) is 0 Å². The Balaban J connectivity index is 1.30. The standard InChI is InChI=1S/C42H29NS/c1-3-4-15-32-27(2)40(29-13-6-5-7-14-29)34-17-10-11-18-35(34)41(32)31-19-22-37(43-26-31)30-21-23-38-36(25-30)42-33-16-9-8-12-28(33)20-24-39(42)44-38/h3-26H,1H2,2H3/b15-4-. The van der Waals surface area contributed by atoms with Crippen molar-refractivity contribution in [2.24, 2.45) is 0 Å². The number of hydrogen-bond donors (Lipinski definition) is 0. The maximum absolute atomic E-state index is 5.06. The molecule has 0 amide bonds. The summed E-state index contributed by atoms with van der Waals surface area (Å²) < 4.78 is 2.62. The van der Waals surface area contributed by atoms with Gasteiger partial charge < -0.3 is 0 Å². The van der Waals surface area contributed by atoms with Gasteiger partial charge >= 0.3 is 0 Å². The van der Waals surface area contributed by atoms with E-state index < -0.39 is 0 Å². The van der Waals surface area contributed by atoms with Crippen LogP contribution in [0.1, 0.15) is 11.1 Å². The highest BCUT2D eigenvalue weighted by Gasteiger charge is 2.18. The van der Waals surface area contributed by atoms with Gasteiger partial charge in [0.25, 0.3) is 0 Å². The largest absolute Gasteiger partial charge is 0.256 e. The number of fused-ring (bicyclic) bond motifs is 6. The van der Waals surface area contributed by atoms with Crippen molar-refractivity contribution < 1.29 is 0 Å². The van der Waals surface area contributed by atoms with Gasteiger partial charge in [0.2, 0.25) is 0 Å². The van der Waals surface area contributed by atoms with Gasteiger partial charge in [0.1, 0.15) is 0 Å². The summed E-state index contributed by atoms with van der Waals surface area (Å²) in [6, 6.07) is 43.7. The minimum Gasteiger partial charge on any atom is -0.256 e. The molecule has 0 aliphatic heterocycles. The van der Waals surface area contributed by atoms with Crippen LogP contribution < -0.4 is 0 Å². The molecule has 0 saturated heterocycles. The van der Waals surface area contributed by atoms with Crippen LogP contribution in [0.2, 0.25) is 0 Å². The van der Waals surface area contributed by atoms with Crippen molar-refractivity contribution in [3.05, 3.63) is 157 Å². The number of thiophene rings is 1. The fourth-order valence-corrected chi connectivity index (χ4v) is 7.77. The summed E-state index contributed by atoms with van der Waals surface area (Å²) in [7, 11) is 0. The molecule has 0 radical (unpaired) electrons. The predicted molar refractivity (Wildman–Crippen MR) is 192 cm³/mol. The van der Waals surface area contributed by atoms with Gasteiger partial charge in [-0.1, -0.05) is 122 Å². The van der Waals surface area contributed by atoms with Gasteiger partial charge in [-0.25, -0.2) is 0 Å². The average molecular weight is 580 g/mol. The second kappa shape index (κ2) is 10.8. The number of hydrogen-bond acceptors (Lipinski definition) is 2. The second-order valence-corrected chi connectivity index (χ2v) is 12.3. The highest BCUT2D eigenvalue weighted by molar-refractivity contribution is 7.26. The van der Waals surface area contributed by atoms with Crippen LogP contribution in [0, 0.1) is 6.92 Å². The van der Waals surface area contributed by atoms with Crippen LogP contribution in [0.25, 0.3) is 81.3 Å². The molecule has 0 atom stereocenters. The Kier molecular flexibility index (Phi) is 6.43. The summed E-state index contributed by atoms with van der Waals surface area (Å²) in [6.07, 6.45) is 8.09. The van der Waals surface area contributed by atoms with Crippen molar-refractivity contribution in [2.75, 3.05) is 0 Å². The van der Waals surface area contributed by atoms with Crippen LogP contribution in [0.5, 0.6) is 0 Å². The number of pyridine rings is 1. The first kappa shape index (κ1) is 26.3. The lowest BCUT2D eigenvalue weighted by molar-refractivity contribution is 1.33. The summed E-state index contributed by atoms with van der Waals surface area (Å²) in [6.45, 7) is 6.18. The van der Waals surface area contributed by atoms with Crippen molar-refractivity contribution in [1.82, 2.24) is 4.98 Å². The summed E-state index contributed by atoms with van der Waals surface area (Å²) in [5.74, 6) is 0. The zero-order chi connectivity index (χ0) is 29.6. The first-order valence-electron chi connectivity index (χ1n) is 14.9. The van der Waals surface area contributed by atoms with E-state index in [1.54, 1.807) is 0 Å². The third-order valence-corrected chi connectivity index (χ3v) is 9.82. The third kappa shape index (κ3) is 4.26. The molecule has 0 spiro atoms. The Morgan fingerprint density at radius 1 is 0.614 bits per heavy atom. The molecule has 8 aromatic rings. The molecular weight excluding hydrogens is 551 g/mol. The molecular formula is C42H29NS. The van der Waals surface area contributed by atoms with E-state index >= 15 is 0 Å². The molecule has 0 unspecified atom stereocenters. The van der Waals surface area contributed by atoms with E-state index in [1.165, 1.54) is 69.5 Å². The first-order valence-corrected chi connectivity index (χ1v) is 15.7. The van der Waals surface area contributed by atoms with Gasteiger partial charge in [-0.15, -0.1) is 11.3 Å². The van der Waals surface area contributed by atoms with Crippen molar-refractivity contribution in [3.63, 3.8) is 0 Å². The molecule has 6 aromatic carbocycles. The Labute approximate surface area is 261 Å². The highest BCUT2D eigenvalue weighted by atomic mass is 32.1. The van der Waals surface area contributed by atoms with Gasteiger partial charge in [-0.3, -0.25) is 4.98 Å². The summed E-state index contributed by atoms with van der Waals surface area (Å²) in [4.78, 5) is 5.06. The van der Waals surface area contributed by atoms with E-state index in [-0.39, 0.29) is 0 Å². The molecule has 0 saturated carbocycles. The lowest BCUT2D eigenvalue weighted by Crippen LogP contribution is -1.96. The molecule has 0 aliphatic carbocycles. The zero-order valence-corrected chi connectivity index (χ0v) is 25.2. The fourth-order valence-electron chi connectivity index (χ4n) is 6.67. The highest BCUT2D eigenvalue weighted by Crippen LogP contribution is 2.43. The van der Waals surface area contributed by atoms with E-state index in [9.17, 15) is 0 Å². The van der Waals surface area contributed by atoms with E-state index in [0.717, 1.165) is 16.8 Å². The monoisotopic (exact) mass is 579 g/mol.